The number of hydrogen-bond acceptors (Lipinski definition) is 7. The van der Waals surface area contributed by atoms with E-state index >= 15 is 0 Å². The van der Waals surface area contributed by atoms with Gasteiger partial charge in [-0.05, 0) is 38.5 Å². The van der Waals surface area contributed by atoms with Crippen LogP contribution in [0.1, 0.15) is 38.5 Å². The zero-order valence-corrected chi connectivity index (χ0v) is 13.6. The van der Waals surface area contributed by atoms with Gasteiger partial charge in [0.1, 0.15) is 0 Å². The molecule has 0 aromatic heterocycles. The van der Waals surface area contributed by atoms with E-state index in [0.717, 1.165) is 0 Å². The van der Waals surface area contributed by atoms with Crippen LogP contribution in [0, 0.1) is 16.2 Å². The minimum Gasteiger partial charge on any atom is -0.469 e. The van der Waals surface area contributed by atoms with Gasteiger partial charge < -0.3 is 19.3 Å². The lowest BCUT2D eigenvalue weighted by atomic mass is 9.38. The van der Waals surface area contributed by atoms with Gasteiger partial charge in [0.05, 0.1) is 43.2 Å². The first kappa shape index (κ1) is 16.2. The first-order valence-corrected chi connectivity index (χ1v) is 7.67. The molecule has 7 nitrogen and oxygen atoms in total. The Hall–Kier alpha value is -1.63. The summed E-state index contributed by atoms with van der Waals surface area (Å²) in [6, 6.07) is 0. The monoisotopic (exact) mass is 326 g/mol. The maximum atomic E-state index is 12.5. The molecule has 23 heavy (non-hydrogen) atoms. The number of ether oxygens (including phenoxy) is 3. The van der Waals surface area contributed by atoms with Crippen molar-refractivity contribution in [2.45, 2.75) is 44.1 Å². The molecule has 0 amide bonds. The summed E-state index contributed by atoms with van der Waals surface area (Å²) in [4.78, 5) is 37.4. The number of carbonyl (C=O) groups is 3. The highest BCUT2D eigenvalue weighted by Gasteiger charge is 2.75. The first-order valence-electron chi connectivity index (χ1n) is 7.67. The van der Waals surface area contributed by atoms with Crippen LogP contribution < -0.4 is 0 Å². The molecular formula is C16H22O7. The lowest BCUT2D eigenvalue weighted by Crippen LogP contribution is -2.69. The van der Waals surface area contributed by atoms with E-state index in [1.165, 1.54) is 21.3 Å². The second-order valence-corrected chi connectivity index (χ2v) is 7.60. The average molecular weight is 326 g/mol. The Morgan fingerprint density at radius 1 is 0.652 bits per heavy atom. The van der Waals surface area contributed by atoms with Gasteiger partial charge >= 0.3 is 17.9 Å². The summed E-state index contributed by atoms with van der Waals surface area (Å²) in [6.07, 6.45) is 1.31. The summed E-state index contributed by atoms with van der Waals surface area (Å²) in [6.45, 7) is 0. The van der Waals surface area contributed by atoms with E-state index in [-0.39, 0.29) is 38.5 Å². The van der Waals surface area contributed by atoms with Crippen molar-refractivity contribution in [3.63, 3.8) is 0 Å². The Morgan fingerprint density at radius 2 is 0.913 bits per heavy atom. The van der Waals surface area contributed by atoms with E-state index in [0.29, 0.717) is 0 Å². The van der Waals surface area contributed by atoms with Crippen LogP contribution in [0.15, 0.2) is 0 Å². The second-order valence-electron chi connectivity index (χ2n) is 7.60. The van der Waals surface area contributed by atoms with Crippen molar-refractivity contribution in [3.8, 4) is 0 Å². The lowest BCUT2D eigenvalue weighted by molar-refractivity contribution is -0.246. The molecular weight excluding hydrogens is 304 g/mol. The third-order valence-corrected chi connectivity index (χ3v) is 5.89. The van der Waals surface area contributed by atoms with Crippen molar-refractivity contribution in [3.05, 3.63) is 0 Å². The number of hydrogen-bond donors (Lipinski definition) is 1. The summed E-state index contributed by atoms with van der Waals surface area (Å²) < 4.78 is 14.8. The third kappa shape index (κ3) is 2.02. The highest BCUT2D eigenvalue weighted by Crippen LogP contribution is 2.71. The molecule has 7 heteroatoms. The minimum atomic E-state index is -1.27. The fraction of sp³-hybridized carbons (Fsp3) is 0.812. The molecule has 4 bridgehead atoms. The summed E-state index contributed by atoms with van der Waals surface area (Å²) in [5.74, 6) is -1.47. The molecule has 4 fully saturated rings. The Kier molecular flexibility index (Phi) is 3.31. The average Bonchev–Trinajstić information content (AvgIpc) is 2.49. The molecule has 0 saturated heterocycles. The summed E-state index contributed by atoms with van der Waals surface area (Å²) >= 11 is 0. The fourth-order valence-electron chi connectivity index (χ4n) is 5.88. The lowest BCUT2D eigenvalue weighted by Gasteiger charge is -2.65. The molecule has 4 saturated carbocycles. The normalized spacial score (nSPS) is 43.8. The summed E-state index contributed by atoms with van der Waals surface area (Å²) in [5.41, 5.74) is -4.44. The number of esters is 3. The highest BCUT2D eigenvalue weighted by atomic mass is 16.5. The van der Waals surface area contributed by atoms with Gasteiger partial charge in [0, 0.05) is 0 Å². The summed E-state index contributed by atoms with van der Waals surface area (Å²) in [5, 5.41) is 11.0. The molecule has 4 aliphatic rings. The van der Waals surface area contributed by atoms with Crippen molar-refractivity contribution in [2.75, 3.05) is 21.3 Å². The smallest absolute Gasteiger partial charge is 0.311 e. The van der Waals surface area contributed by atoms with Crippen LogP contribution in [0.3, 0.4) is 0 Å². The Labute approximate surface area is 134 Å². The molecule has 0 radical (unpaired) electrons. The summed E-state index contributed by atoms with van der Waals surface area (Å²) in [7, 11) is 3.84. The van der Waals surface area contributed by atoms with Crippen LogP contribution in [0.2, 0.25) is 0 Å². The van der Waals surface area contributed by atoms with Crippen LogP contribution in [0.5, 0.6) is 0 Å². The number of methoxy groups -OCH3 is 3. The standard InChI is InChI=1S/C16H22O7/c1-21-10(17)13-4-14(11(18)22-2)6-15(5-13,12(19)23-3)9-16(20,7-13)8-14/h20H,4-9H2,1-3H3. The van der Waals surface area contributed by atoms with E-state index in [1.54, 1.807) is 0 Å². The zero-order valence-electron chi connectivity index (χ0n) is 13.6. The molecule has 4 aliphatic carbocycles. The van der Waals surface area contributed by atoms with Gasteiger partial charge in [0.25, 0.3) is 0 Å². The maximum Gasteiger partial charge on any atom is 0.311 e. The van der Waals surface area contributed by atoms with Crippen molar-refractivity contribution in [1.82, 2.24) is 0 Å². The van der Waals surface area contributed by atoms with Crippen LogP contribution in [0.25, 0.3) is 0 Å². The van der Waals surface area contributed by atoms with Crippen molar-refractivity contribution < 1.29 is 33.7 Å². The third-order valence-electron chi connectivity index (χ3n) is 5.89. The SMILES string of the molecule is COC(=O)C12CC3(O)CC(C(=O)OC)(C1)CC(C(=O)OC)(C3)C2. The van der Waals surface area contributed by atoms with Gasteiger partial charge in [-0.15, -0.1) is 0 Å². The van der Waals surface area contributed by atoms with E-state index in [2.05, 4.69) is 0 Å². The van der Waals surface area contributed by atoms with E-state index in [4.69, 9.17) is 14.2 Å². The van der Waals surface area contributed by atoms with E-state index < -0.39 is 39.8 Å². The van der Waals surface area contributed by atoms with Gasteiger partial charge in [-0.2, -0.15) is 0 Å². The van der Waals surface area contributed by atoms with Crippen molar-refractivity contribution in [1.29, 1.82) is 0 Å². The Bertz CT molecular complexity index is 494. The molecule has 0 unspecified atom stereocenters. The van der Waals surface area contributed by atoms with Gasteiger partial charge in [0.2, 0.25) is 0 Å². The Balaban J connectivity index is 2.16. The predicted octanol–water partition coefficient (Wildman–Crippen LogP) is 0.577. The van der Waals surface area contributed by atoms with Crippen molar-refractivity contribution >= 4 is 17.9 Å². The first-order chi connectivity index (χ1) is 10.7. The maximum absolute atomic E-state index is 12.5. The van der Waals surface area contributed by atoms with Gasteiger partial charge in [0.15, 0.2) is 0 Å². The molecule has 0 aromatic rings. The van der Waals surface area contributed by atoms with Gasteiger partial charge in [-0.3, -0.25) is 14.4 Å². The Morgan fingerprint density at radius 3 is 1.13 bits per heavy atom. The topological polar surface area (TPSA) is 99.1 Å². The molecule has 1 N–H and O–H groups in total. The molecule has 0 aromatic carbocycles. The second kappa shape index (κ2) is 4.69. The predicted molar refractivity (Wildman–Crippen MR) is 76.0 cm³/mol. The number of aliphatic hydroxyl groups is 1. The van der Waals surface area contributed by atoms with E-state index in [1.807, 2.05) is 0 Å². The number of carbonyl (C=O) groups excluding carboxylic acids is 3. The zero-order chi connectivity index (χ0) is 17.1. The van der Waals surface area contributed by atoms with Crippen LogP contribution >= 0.6 is 0 Å². The quantitative estimate of drug-likeness (QED) is 0.598. The molecule has 128 valence electrons. The van der Waals surface area contributed by atoms with Gasteiger partial charge in [-0.25, -0.2) is 0 Å². The molecule has 0 aliphatic heterocycles. The minimum absolute atomic E-state index is 0.199. The van der Waals surface area contributed by atoms with Crippen LogP contribution in [-0.4, -0.2) is 49.9 Å². The molecule has 0 atom stereocenters. The van der Waals surface area contributed by atoms with Crippen LogP contribution in [-0.2, 0) is 28.6 Å². The molecule has 0 heterocycles. The molecule has 0 spiro atoms. The van der Waals surface area contributed by atoms with Gasteiger partial charge in [-0.1, -0.05) is 0 Å². The largest absolute Gasteiger partial charge is 0.469 e. The van der Waals surface area contributed by atoms with E-state index in [9.17, 15) is 19.5 Å². The fourth-order valence-corrected chi connectivity index (χ4v) is 5.88. The highest BCUT2D eigenvalue weighted by molar-refractivity contribution is 5.88. The number of rotatable bonds is 3. The van der Waals surface area contributed by atoms with Crippen molar-refractivity contribution in [2.24, 2.45) is 16.2 Å². The van der Waals surface area contributed by atoms with Crippen LogP contribution in [0.4, 0.5) is 0 Å². The molecule has 4 rings (SSSR count).